The number of amides is 1. The minimum atomic E-state index is -0.645. The minimum Gasteiger partial charge on any atom is -0.349 e. The molecule has 1 rings (SSSR count). The van der Waals surface area contributed by atoms with Crippen LogP contribution < -0.4 is 5.32 Å². The molecule has 0 saturated heterocycles. The van der Waals surface area contributed by atoms with Gasteiger partial charge in [-0.3, -0.25) is 4.79 Å². The quantitative estimate of drug-likeness (QED) is 0.627. The number of allylic oxidation sites excluding steroid dienone is 1. The Balaban J connectivity index is 2.58. The predicted molar refractivity (Wildman–Crippen MR) is 60.6 cm³/mol. The SMILES string of the molecule is C/C=C\CC(C)NC(=O)c1ccnc(F)c1. The van der Waals surface area contributed by atoms with Crippen LogP contribution in [0.2, 0.25) is 0 Å². The second kappa shape index (κ2) is 6.00. The highest BCUT2D eigenvalue weighted by atomic mass is 19.1. The molecule has 0 spiro atoms. The van der Waals surface area contributed by atoms with Gasteiger partial charge in [-0.25, -0.2) is 4.98 Å². The topological polar surface area (TPSA) is 42.0 Å². The van der Waals surface area contributed by atoms with Gasteiger partial charge in [0, 0.05) is 23.9 Å². The predicted octanol–water partition coefficient (Wildman–Crippen LogP) is 2.31. The van der Waals surface area contributed by atoms with Gasteiger partial charge in [-0.05, 0) is 26.3 Å². The van der Waals surface area contributed by atoms with E-state index in [1.54, 1.807) is 0 Å². The molecule has 1 aromatic heterocycles. The molecule has 0 fully saturated rings. The molecule has 0 radical (unpaired) electrons. The fourth-order valence-corrected chi connectivity index (χ4v) is 1.25. The Kier molecular flexibility index (Phi) is 4.64. The number of nitrogens with zero attached hydrogens (tertiary/aromatic N) is 1. The van der Waals surface area contributed by atoms with Crippen LogP contribution in [0.3, 0.4) is 0 Å². The Morgan fingerprint density at radius 1 is 1.69 bits per heavy atom. The van der Waals surface area contributed by atoms with Crippen molar-refractivity contribution < 1.29 is 9.18 Å². The number of aromatic nitrogens is 1. The summed E-state index contributed by atoms with van der Waals surface area (Å²) in [6.07, 6.45) is 5.93. The maximum absolute atomic E-state index is 12.8. The third-order valence-corrected chi connectivity index (χ3v) is 2.09. The number of carbonyl (C=O) groups excluding carboxylic acids is 1. The number of carbonyl (C=O) groups is 1. The van der Waals surface area contributed by atoms with Crippen LogP contribution in [-0.2, 0) is 0 Å². The van der Waals surface area contributed by atoms with Crippen molar-refractivity contribution in [1.82, 2.24) is 10.3 Å². The molecular formula is C12H15FN2O. The second-order valence-corrected chi connectivity index (χ2v) is 3.55. The second-order valence-electron chi connectivity index (χ2n) is 3.55. The molecule has 1 atom stereocenters. The van der Waals surface area contributed by atoms with Gasteiger partial charge in [0.25, 0.3) is 5.91 Å². The van der Waals surface area contributed by atoms with Crippen molar-refractivity contribution >= 4 is 5.91 Å². The summed E-state index contributed by atoms with van der Waals surface area (Å²) in [6.45, 7) is 3.82. The number of nitrogens with one attached hydrogen (secondary N) is 1. The van der Waals surface area contributed by atoms with Crippen LogP contribution in [-0.4, -0.2) is 16.9 Å². The van der Waals surface area contributed by atoms with Gasteiger partial charge in [0.15, 0.2) is 0 Å². The first-order chi connectivity index (χ1) is 7.63. The van der Waals surface area contributed by atoms with Crippen LogP contribution in [0.1, 0.15) is 30.6 Å². The van der Waals surface area contributed by atoms with Crippen LogP contribution in [0, 0.1) is 5.95 Å². The minimum absolute atomic E-state index is 0.0277. The zero-order valence-electron chi connectivity index (χ0n) is 9.40. The lowest BCUT2D eigenvalue weighted by molar-refractivity contribution is 0.0940. The summed E-state index contributed by atoms with van der Waals surface area (Å²) in [5.74, 6) is -0.924. The van der Waals surface area contributed by atoms with Crippen molar-refractivity contribution in [3.63, 3.8) is 0 Å². The summed E-state index contributed by atoms with van der Waals surface area (Å²) < 4.78 is 12.8. The summed E-state index contributed by atoms with van der Waals surface area (Å²) in [6, 6.07) is 2.64. The van der Waals surface area contributed by atoms with Gasteiger partial charge in [0.1, 0.15) is 0 Å². The Morgan fingerprint density at radius 3 is 3.06 bits per heavy atom. The van der Waals surface area contributed by atoms with E-state index in [1.165, 1.54) is 12.3 Å². The molecular weight excluding hydrogens is 207 g/mol. The molecule has 1 N–H and O–H groups in total. The van der Waals surface area contributed by atoms with E-state index in [0.29, 0.717) is 5.56 Å². The zero-order valence-corrected chi connectivity index (χ0v) is 9.40. The van der Waals surface area contributed by atoms with Crippen LogP contribution in [0.5, 0.6) is 0 Å². The molecule has 0 saturated carbocycles. The lowest BCUT2D eigenvalue weighted by Crippen LogP contribution is -2.32. The summed E-state index contributed by atoms with van der Waals surface area (Å²) in [4.78, 5) is 15.0. The van der Waals surface area contributed by atoms with Crippen molar-refractivity contribution in [2.75, 3.05) is 0 Å². The van der Waals surface area contributed by atoms with E-state index in [1.807, 2.05) is 26.0 Å². The van der Waals surface area contributed by atoms with Crippen molar-refractivity contribution in [3.05, 3.63) is 42.0 Å². The third kappa shape index (κ3) is 3.81. The molecule has 1 aromatic rings. The monoisotopic (exact) mass is 222 g/mol. The first-order valence-corrected chi connectivity index (χ1v) is 5.17. The highest BCUT2D eigenvalue weighted by Gasteiger charge is 2.09. The van der Waals surface area contributed by atoms with Crippen LogP contribution in [0.15, 0.2) is 30.5 Å². The number of hydrogen-bond donors (Lipinski definition) is 1. The molecule has 3 nitrogen and oxygen atoms in total. The van der Waals surface area contributed by atoms with E-state index in [-0.39, 0.29) is 11.9 Å². The van der Waals surface area contributed by atoms with Gasteiger partial charge < -0.3 is 5.32 Å². The molecule has 86 valence electrons. The first-order valence-electron chi connectivity index (χ1n) is 5.17. The van der Waals surface area contributed by atoms with E-state index in [2.05, 4.69) is 10.3 Å². The summed E-state index contributed by atoms with van der Waals surface area (Å²) in [7, 11) is 0. The van der Waals surface area contributed by atoms with E-state index in [9.17, 15) is 9.18 Å². The summed E-state index contributed by atoms with van der Waals surface area (Å²) in [5, 5.41) is 2.77. The van der Waals surface area contributed by atoms with Crippen molar-refractivity contribution in [2.45, 2.75) is 26.3 Å². The molecule has 0 aliphatic heterocycles. The number of rotatable bonds is 4. The highest BCUT2D eigenvalue weighted by Crippen LogP contribution is 2.02. The largest absolute Gasteiger partial charge is 0.349 e. The third-order valence-electron chi connectivity index (χ3n) is 2.09. The summed E-state index contributed by atoms with van der Waals surface area (Å²) in [5.41, 5.74) is 0.292. The average molecular weight is 222 g/mol. The van der Waals surface area contributed by atoms with E-state index >= 15 is 0 Å². The zero-order chi connectivity index (χ0) is 12.0. The Hall–Kier alpha value is -1.71. The standard InChI is InChI=1S/C12H15FN2O/c1-3-4-5-9(2)15-12(16)10-6-7-14-11(13)8-10/h3-4,6-9H,5H2,1-2H3,(H,15,16)/b4-3-. The van der Waals surface area contributed by atoms with E-state index in [4.69, 9.17) is 0 Å². The molecule has 0 aromatic carbocycles. The van der Waals surface area contributed by atoms with Crippen molar-refractivity contribution in [2.24, 2.45) is 0 Å². The first kappa shape index (κ1) is 12.4. The van der Waals surface area contributed by atoms with Gasteiger partial charge in [-0.2, -0.15) is 4.39 Å². The lowest BCUT2D eigenvalue weighted by atomic mass is 10.2. The van der Waals surface area contributed by atoms with Crippen molar-refractivity contribution in [3.8, 4) is 0 Å². The van der Waals surface area contributed by atoms with Crippen LogP contribution in [0.4, 0.5) is 4.39 Å². The highest BCUT2D eigenvalue weighted by molar-refractivity contribution is 5.94. The van der Waals surface area contributed by atoms with Crippen LogP contribution in [0.25, 0.3) is 0 Å². The maximum Gasteiger partial charge on any atom is 0.251 e. The molecule has 0 aliphatic carbocycles. The van der Waals surface area contributed by atoms with Crippen LogP contribution >= 0.6 is 0 Å². The number of pyridine rings is 1. The molecule has 0 aliphatic rings. The normalized spacial score (nSPS) is 12.7. The number of halogens is 1. The number of hydrogen-bond acceptors (Lipinski definition) is 2. The van der Waals surface area contributed by atoms with Gasteiger partial charge in [0.2, 0.25) is 5.95 Å². The summed E-state index contributed by atoms with van der Waals surface area (Å²) >= 11 is 0. The van der Waals surface area contributed by atoms with E-state index < -0.39 is 5.95 Å². The maximum atomic E-state index is 12.8. The van der Waals surface area contributed by atoms with E-state index in [0.717, 1.165) is 12.5 Å². The Labute approximate surface area is 94.4 Å². The average Bonchev–Trinajstić information content (AvgIpc) is 2.26. The van der Waals surface area contributed by atoms with Gasteiger partial charge in [-0.1, -0.05) is 12.2 Å². The van der Waals surface area contributed by atoms with Gasteiger partial charge >= 0.3 is 0 Å². The fourth-order valence-electron chi connectivity index (χ4n) is 1.25. The molecule has 0 bridgehead atoms. The van der Waals surface area contributed by atoms with Gasteiger partial charge in [-0.15, -0.1) is 0 Å². The van der Waals surface area contributed by atoms with Crippen molar-refractivity contribution in [1.29, 1.82) is 0 Å². The lowest BCUT2D eigenvalue weighted by Gasteiger charge is -2.11. The molecule has 1 unspecified atom stereocenters. The fraction of sp³-hybridized carbons (Fsp3) is 0.333. The van der Waals surface area contributed by atoms with Gasteiger partial charge in [0.05, 0.1) is 0 Å². The molecule has 4 heteroatoms. The molecule has 16 heavy (non-hydrogen) atoms. The molecule has 1 amide bonds. The smallest absolute Gasteiger partial charge is 0.251 e. The Bertz CT molecular complexity index is 390. The Morgan fingerprint density at radius 2 is 2.44 bits per heavy atom. The molecule has 1 heterocycles.